The minimum Gasteiger partial charge on any atom is -0.394 e. The largest absolute Gasteiger partial charge is 0.394 e. The van der Waals surface area contributed by atoms with Gasteiger partial charge in [-0.15, -0.1) is 0 Å². The molecule has 2 rings (SSSR count). The summed E-state index contributed by atoms with van der Waals surface area (Å²) in [5.41, 5.74) is -0.0263. The molecule has 2 heterocycles. The SMILES string of the molecule is CC(C)(CO)N1C[C@@H]2C[C@H]1CN2. The number of rotatable bonds is 2. The van der Waals surface area contributed by atoms with E-state index in [0.717, 1.165) is 13.1 Å². The lowest BCUT2D eigenvalue weighted by molar-refractivity contribution is 0.0383. The van der Waals surface area contributed by atoms with Crippen LogP contribution in [0.4, 0.5) is 0 Å². The van der Waals surface area contributed by atoms with Gasteiger partial charge in [-0.2, -0.15) is 0 Å². The summed E-state index contributed by atoms with van der Waals surface area (Å²) >= 11 is 0. The summed E-state index contributed by atoms with van der Waals surface area (Å²) in [5.74, 6) is 0. The van der Waals surface area contributed by atoms with E-state index in [1.807, 2.05) is 0 Å². The number of fused-ring (bicyclic) bond motifs is 2. The third kappa shape index (κ3) is 1.16. The van der Waals surface area contributed by atoms with Crippen molar-refractivity contribution in [1.29, 1.82) is 0 Å². The Hall–Kier alpha value is -0.120. The molecule has 2 N–H and O–H groups in total. The Bertz CT molecular complexity index is 181. The Balaban J connectivity index is 2.06. The highest BCUT2D eigenvalue weighted by molar-refractivity contribution is 5.02. The van der Waals surface area contributed by atoms with Gasteiger partial charge in [-0.1, -0.05) is 0 Å². The first kappa shape index (κ1) is 8.48. The lowest BCUT2D eigenvalue weighted by Gasteiger charge is -2.40. The first-order valence-electron chi connectivity index (χ1n) is 4.74. The maximum absolute atomic E-state index is 9.22. The van der Waals surface area contributed by atoms with E-state index < -0.39 is 0 Å². The zero-order chi connectivity index (χ0) is 8.77. The molecule has 0 aliphatic carbocycles. The fourth-order valence-corrected chi connectivity index (χ4v) is 2.39. The van der Waals surface area contributed by atoms with E-state index in [1.165, 1.54) is 6.42 Å². The predicted molar refractivity (Wildman–Crippen MR) is 48.1 cm³/mol. The van der Waals surface area contributed by atoms with E-state index in [-0.39, 0.29) is 12.1 Å². The molecule has 2 saturated heterocycles. The third-order valence-electron chi connectivity index (χ3n) is 3.22. The number of piperazine rings is 1. The topological polar surface area (TPSA) is 35.5 Å². The second-order valence-corrected chi connectivity index (χ2v) is 4.62. The van der Waals surface area contributed by atoms with Gasteiger partial charge < -0.3 is 10.4 Å². The lowest BCUT2D eigenvalue weighted by Crippen LogP contribution is -2.55. The molecular weight excluding hydrogens is 152 g/mol. The normalized spacial score (nSPS) is 36.2. The van der Waals surface area contributed by atoms with Gasteiger partial charge in [0.2, 0.25) is 0 Å². The lowest BCUT2D eigenvalue weighted by atomic mass is 10.0. The molecule has 0 radical (unpaired) electrons. The van der Waals surface area contributed by atoms with Gasteiger partial charge in [0.15, 0.2) is 0 Å². The van der Waals surface area contributed by atoms with Crippen molar-refractivity contribution < 1.29 is 5.11 Å². The first-order valence-corrected chi connectivity index (χ1v) is 4.74. The van der Waals surface area contributed by atoms with Crippen LogP contribution in [0.15, 0.2) is 0 Å². The number of aliphatic hydroxyl groups excluding tert-OH is 1. The molecule has 0 unspecified atom stereocenters. The predicted octanol–water partition coefficient (Wildman–Crippen LogP) is -0.197. The van der Waals surface area contributed by atoms with Crippen molar-refractivity contribution >= 4 is 0 Å². The Kier molecular flexibility index (Phi) is 1.90. The molecule has 0 saturated carbocycles. The van der Waals surface area contributed by atoms with Gasteiger partial charge in [0, 0.05) is 30.7 Å². The maximum atomic E-state index is 9.22. The molecule has 2 aliphatic heterocycles. The number of hydrogen-bond donors (Lipinski definition) is 2. The van der Waals surface area contributed by atoms with Gasteiger partial charge in [0.05, 0.1) is 6.61 Å². The Morgan fingerprint density at radius 1 is 1.58 bits per heavy atom. The van der Waals surface area contributed by atoms with E-state index >= 15 is 0 Å². The molecule has 12 heavy (non-hydrogen) atoms. The Morgan fingerprint density at radius 2 is 2.33 bits per heavy atom. The first-order chi connectivity index (χ1) is 5.63. The van der Waals surface area contributed by atoms with Gasteiger partial charge in [-0.3, -0.25) is 4.90 Å². The molecule has 0 aromatic carbocycles. The standard InChI is InChI=1S/C9H18N2O/c1-9(2,6-12)11-5-7-3-8(11)4-10-7/h7-8,10,12H,3-6H2,1-2H3/t7-,8-/m0/s1. The minimum atomic E-state index is -0.0263. The van der Waals surface area contributed by atoms with Crippen LogP contribution < -0.4 is 5.32 Å². The van der Waals surface area contributed by atoms with Crippen molar-refractivity contribution in [3.05, 3.63) is 0 Å². The quantitative estimate of drug-likeness (QED) is 0.602. The highest BCUT2D eigenvalue weighted by Crippen LogP contribution is 2.29. The number of aliphatic hydroxyl groups is 1. The highest BCUT2D eigenvalue weighted by Gasteiger charge is 2.43. The summed E-state index contributed by atoms with van der Waals surface area (Å²) in [5, 5.41) is 12.7. The number of nitrogens with zero attached hydrogens (tertiary/aromatic N) is 1. The summed E-state index contributed by atoms with van der Waals surface area (Å²) in [6, 6.07) is 1.35. The van der Waals surface area contributed by atoms with Crippen LogP contribution in [-0.4, -0.2) is 47.3 Å². The molecule has 0 spiro atoms. The monoisotopic (exact) mass is 170 g/mol. The van der Waals surface area contributed by atoms with Crippen LogP contribution in [0.3, 0.4) is 0 Å². The molecular formula is C9H18N2O. The Labute approximate surface area is 73.8 Å². The summed E-state index contributed by atoms with van der Waals surface area (Å²) in [4.78, 5) is 2.44. The summed E-state index contributed by atoms with van der Waals surface area (Å²) in [6.07, 6.45) is 1.27. The van der Waals surface area contributed by atoms with E-state index in [0.29, 0.717) is 12.1 Å². The van der Waals surface area contributed by atoms with Gasteiger partial charge in [-0.05, 0) is 20.3 Å². The molecule has 2 bridgehead atoms. The average Bonchev–Trinajstić information content (AvgIpc) is 2.64. The van der Waals surface area contributed by atoms with Gasteiger partial charge in [0.25, 0.3) is 0 Å². The van der Waals surface area contributed by atoms with Crippen molar-refractivity contribution in [2.45, 2.75) is 37.9 Å². The van der Waals surface area contributed by atoms with Crippen molar-refractivity contribution in [1.82, 2.24) is 10.2 Å². The number of hydrogen-bond acceptors (Lipinski definition) is 3. The summed E-state index contributed by atoms with van der Waals surface area (Å²) in [6.45, 7) is 6.71. The van der Waals surface area contributed by atoms with Crippen LogP contribution >= 0.6 is 0 Å². The van der Waals surface area contributed by atoms with Crippen molar-refractivity contribution in [3.8, 4) is 0 Å². The van der Waals surface area contributed by atoms with E-state index in [2.05, 4.69) is 24.1 Å². The summed E-state index contributed by atoms with van der Waals surface area (Å²) in [7, 11) is 0. The van der Waals surface area contributed by atoms with E-state index in [9.17, 15) is 5.11 Å². The fraction of sp³-hybridized carbons (Fsp3) is 1.00. The molecule has 2 aliphatic rings. The van der Waals surface area contributed by atoms with Crippen LogP contribution in [0.5, 0.6) is 0 Å². The molecule has 3 nitrogen and oxygen atoms in total. The number of likely N-dealkylation sites (tertiary alicyclic amines) is 1. The van der Waals surface area contributed by atoms with E-state index in [1.54, 1.807) is 0 Å². The zero-order valence-electron chi connectivity index (χ0n) is 7.88. The fourth-order valence-electron chi connectivity index (χ4n) is 2.39. The van der Waals surface area contributed by atoms with Crippen molar-refractivity contribution in [2.75, 3.05) is 19.7 Å². The van der Waals surface area contributed by atoms with Crippen molar-refractivity contribution in [3.63, 3.8) is 0 Å². The van der Waals surface area contributed by atoms with Crippen molar-refractivity contribution in [2.24, 2.45) is 0 Å². The molecule has 2 fully saturated rings. The maximum Gasteiger partial charge on any atom is 0.0610 e. The van der Waals surface area contributed by atoms with E-state index in [4.69, 9.17) is 0 Å². The molecule has 2 atom stereocenters. The van der Waals surface area contributed by atoms with Gasteiger partial charge in [-0.25, -0.2) is 0 Å². The van der Waals surface area contributed by atoms with Crippen LogP contribution in [0.1, 0.15) is 20.3 Å². The second-order valence-electron chi connectivity index (χ2n) is 4.62. The highest BCUT2D eigenvalue weighted by atomic mass is 16.3. The average molecular weight is 170 g/mol. The number of nitrogens with one attached hydrogen (secondary N) is 1. The van der Waals surface area contributed by atoms with Gasteiger partial charge >= 0.3 is 0 Å². The molecule has 0 amide bonds. The molecule has 70 valence electrons. The van der Waals surface area contributed by atoms with Crippen LogP contribution in [0, 0.1) is 0 Å². The molecule has 0 aromatic heterocycles. The smallest absolute Gasteiger partial charge is 0.0610 e. The summed E-state index contributed by atoms with van der Waals surface area (Å²) < 4.78 is 0. The third-order valence-corrected chi connectivity index (χ3v) is 3.22. The minimum absolute atomic E-state index is 0.0263. The van der Waals surface area contributed by atoms with Crippen LogP contribution in [-0.2, 0) is 0 Å². The van der Waals surface area contributed by atoms with Gasteiger partial charge in [0.1, 0.15) is 0 Å². The van der Waals surface area contributed by atoms with Crippen LogP contribution in [0.2, 0.25) is 0 Å². The molecule has 0 aromatic rings. The Morgan fingerprint density at radius 3 is 2.75 bits per heavy atom. The molecule has 3 heteroatoms. The second kappa shape index (κ2) is 2.69. The van der Waals surface area contributed by atoms with Crippen LogP contribution in [0.25, 0.3) is 0 Å². The zero-order valence-corrected chi connectivity index (χ0v) is 7.88.